The topological polar surface area (TPSA) is 115 Å². The summed E-state index contributed by atoms with van der Waals surface area (Å²) < 4.78 is 38.1. The molecule has 4 aliphatic heterocycles. The molecule has 232 valence electrons. The molecule has 13 heteroatoms. The van der Waals surface area contributed by atoms with Crippen molar-refractivity contribution in [3.05, 3.63) is 174 Å². The number of rotatable bonds is 8. The van der Waals surface area contributed by atoms with Crippen LogP contribution in [-0.4, -0.2) is 32.1 Å². The quantitative estimate of drug-likeness (QED) is 0.343. The van der Waals surface area contributed by atoms with E-state index in [4.69, 9.17) is 9.47 Å². The lowest BCUT2D eigenvalue weighted by atomic mass is 9.71. The fourth-order valence-electron chi connectivity index (χ4n) is 4.99. The first kappa shape index (κ1) is 32.8. The molecule has 3 saturated heterocycles. The molecule has 49 heavy (non-hydrogen) atoms. The lowest BCUT2D eigenvalue weighted by Gasteiger charge is -2.50. The molecule has 0 N–H and O–H groups in total. The van der Waals surface area contributed by atoms with Gasteiger partial charge < -0.3 is 23.8 Å². The highest BCUT2D eigenvalue weighted by Crippen LogP contribution is 2.51. The molecule has 0 aliphatic carbocycles. The second-order valence-corrected chi connectivity index (χ2v) is 10.3. The molecule has 0 bridgehead atoms. The Bertz CT molecular complexity index is 1870. The number of likely N-dealkylation sites (tertiary alicyclic amines) is 1. The van der Waals surface area contributed by atoms with Crippen molar-refractivity contribution in [1.82, 2.24) is 19.7 Å². The summed E-state index contributed by atoms with van der Waals surface area (Å²) in [6.07, 6.45) is 9.49. The molecule has 0 atom stereocenters. The van der Waals surface area contributed by atoms with Gasteiger partial charge in [-0.05, 0) is 47.0 Å². The number of piperidine rings is 2. The van der Waals surface area contributed by atoms with Crippen LogP contribution < -0.4 is 25.2 Å². The van der Waals surface area contributed by atoms with E-state index in [1.54, 1.807) is 18.2 Å². The van der Waals surface area contributed by atoms with Gasteiger partial charge in [-0.3, -0.25) is 24.1 Å². The summed E-state index contributed by atoms with van der Waals surface area (Å²) in [5.74, 6) is -2.15. The Morgan fingerprint density at radius 3 is 2.24 bits per heavy atom. The standard InChI is InChI=1S/C36H13F2N5O6/c1-40-16-23(12-26(32(37)38)34(40)46)22-13-29(48-2)27(30(14-22)49-3)18-41-10-8-36(9-11-41)19-42(20-36)24-5-4-21-17-43(35(47)25(21)15-24)28-6-7-31(44)39-33(28)45/h4-5,12-16H,1-3H2. The Balaban J connectivity index is 0.993. The first-order chi connectivity index (χ1) is 23.5. The van der Waals surface area contributed by atoms with Crippen molar-refractivity contribution in [3.8, 4) is 22.6 Å². The second kappa shape index (κ2) is 12.6. The number of hydrogen-bond donors (Lipinski definition) is 0. The summed E-state index contributed by atoms with van der Waals surface area (Å²) in [6, 6.07) is 8.56. The SMILES string of the molecule is [CH2]Oc1cc(-c2cc([C](F)F)c(=O)n([CH2])c2)cc(O[CH2])c1[C]N1[C][C]C2([C][C]1)[C]N(c1ccc3c(c1)C(=O)N([C]1[C][C]C(=O)[N]C1=O)[C]3)[C]2. The van der Waals surface area contributed by atoms with Crippen molar-refractivity contribution in [2.75, 3.05) is 4.90 Å². The van der Waals surface area contributed by atoms with E-state index >= 15 is 0 Å². The van der Waals surface area contributed by atoms with Crippen LogP contribution in [0.2, 0.25) is 0 Å². The third kappa shape index (κ3) is 5.94. The number of nitrogens with zero attached hydrogens (tertiary/aromatic N) is 5. The van der Waals surface area contributed by atoms with Crippen molar-refractivity contribution in [3.63, 3.8) is 0 Å². The number of aromatic nitrogens is 1. The molecule has 0 saturated carbocycles. The van der Waals surface area contributed by atoms with Gasteiger partial charge in [-0.15, -0.1) is 0 Å². The van der Waals surface area contributed by atoms with Crippen molar-refractivity contribution < 1.29 is 32.6 Å². The van der Waals surface area contributed by atoms with Gasteiger partial charge in [0, 0.05) is 49.2 Å². The van der Waals surface area contributed by atoms with Crippen LogP contribution in [0.15, 0.2) is 47.4 Å². The maximum Gasteiger partial charge on any atom is 0.345 e. The van der Waals surface area contributed by atoms with Gasteiger partial charge in [-0.2, -0.15) is 14.1 Å². The molecule has 2 aromatic carbocycles. The van der Waals surface area contributed by atoms with Gasteiger partial charge in [0.1, 0.15) is 51.9 Å². The largest absolute Gasteiger partial charge is 0.490 e. The highest BCUT2D eigenvalue weighted by atomic mass is 19.3. The summed E-state index contributed by atoms with van der Waals surface area (Å²) in [4.78, 5) is 52.1. The number of carbonyl (C=O) groups is 3. The van der Waals surface area contributed by atoms with Crippen molar-refractivity contribution in [1.29, 1.82) is 0 Å². The number of halogens is 2. The molecular formula is C36H13F2N5O6. The molecule has 3 amide bonds. The molecule has 11 nitrogen and oxygen atoms in total. The molecule has 5 heterocycles. The first-order valence-electron chi connectivity index (χ1n) is 13.7. The van der Waals surface area contributed by atoms with Crippen LogP contribution in [0.3, 0.4) is 0 Å². The van der Waals surface area contributed by atoms with Gasteiger partial charge in [-0.1, -0.05) is 6.07 Å². The number of ether oxygens (including phenoxy) is 2. The normalized spacial score (nSPS) is 19.3. The van der Waals surface area contributed by atoms with Gasteiger partial charge in [0.2, 0.25) is 0 Å². The van der Waals surface area contributed by atoms with E-state index < -0.39 is 40.7 Å². The molecule has 0 unspecified atom stereocenters. The number of pyridine rings is 1. The summed E-state index contributed by atoms with van der Waals surface area (Å²) >= 11 is 0. The van der Waals surface area contributed by atoms with E-state index in [2.05, 4.69) is 91.5 Å². The summed E-state index contributed by atoms with van der Waals surface area (Å²) in [7, 11) is 10.4. The minimum absolute atomic E-state index is 0.111. The molecule has 7 rings (SSSR count). The number of amides is 3. The Morgan fingerprint density at radius 1 is 0.918 bits per heavy atom. The predicted molar refractivity (Wildman–Crippen MR) is 159 cm³/mol. The Hall–Kier alpha value is -4.78. The molecule has 3 aromatic rings. The van der Waals surface area contributed by atoms with E-state index in [1.807, 2.05) is 0 Å². The fraction of sp³-hybridized carbons (Fsp3) is 0.0278. The maximum atomic E-state index is 13.4. The van der Waals surface area contributed by atoms with E-state index in [1.165, 1.54) is 28.1 Å². The molecule has 26 radical (unpaired) electrons. The average molecular weight is 650 g/mol. The minimum Gasteiger partial charge on any atom is -0.490 e. The molecular weight excluding hydrogens is 636 g/mol. The van der Waals surface area contributed by atoms with E-state index in [0.717, 1.165) is 15.5 Å². The lowest BCUT2D eigenvalue weighted by Crippen LogP contribution is -2.51. The number of fused-ring (bicyclic) bond motifs is 1. The predicted octanol–water partition coefficient (Wildman–Crippen LogP) is 3.01. The zero-order valence-electron chi connectivity index (χ0n) is 24.6. The lowest BCUT2D eigenvalue weighted by molar-refractivity contribution is -0.130. The van der Waals surface area contributed by atoms with Crippen LogP contribution in [0.1, 0.15) is 27.0 Å². The van der Waals surface area contributed by atoms with Crippen LogP contribution in [0.25, 0.3) is 11.1 Å². The van der Waals surface area contributed by atoms with Crippen LogP contribution in [0.5, 0.6) is 11.5 Å². The highest BCUT2D eigenvalue weighted by molar-refractivity contribution is 6.14. The van der Waals surface area contributed by atoms with E-state index in [0.29, 0.717) is 16.8 Å². The molecule has 1 aromatic heterocycles. The van der Waals surface area contributed by atoms with Crippen LogP contribution in [0.4, 0.5) is 14.5 Å². The summed E-state index contributed by atoms with van der Waals surface area (Å²) in [6.45, 7) is 17.5. The second-order valence-electron chi connectivity index (χ2n) is 10.3. The van der Waals surface area contributed by atoms with Gasteiger partial charge >= 0.3 is 6.43 Å². The third-order valence-corrected chi connectivity index (χ3v) is 7.34. The fourth-order valence-corrected chi connectivity index (χ4v) is 4.99. The van der Waals surface area contributed by atoms with Crippen LogP contribution >= 0.6 is 0 Å². The smallest absolute Gasteiger partial charge is 0.345 e. The third-order valence-electron chi connectivity index (χ3n) is 7.34. The minimum atomic E-state index is -2.16. The number of carbonyl (C=O) groups excluding carboxylic acids is 3. The number of benzene rings is 2. The van der Waals surface area contributed by atoms with Gasteiger partial charge in [0.25, 0.3) is 23.3 Å². The Kier molecular flexibility index (Phi) is 8.42. The van der Waals surface area contributed by atoms with Crippen molar-refractivity contribution in [2.24, 2.45) is 5.41 Å². The first-order valence-corrected chi connectivity index (χ1v) is 13.7. The average Bonchev–Trinajstić information content (AvgIpc) is 3.40. The van der Waals surface area contributed by atoms with E-state index in [9.17, 15) is 28.0 Å². The Morgan fingerprint density at radius 2 is 1.61 bits per heavy atom. The summed E-state index contributed by atoms with van der Waals surface area (Å²) in [5, 5.41) is 3.26. The zero-order valence-corrected chi connectivity index (χ0v) is 24.6. The Labute approximate surface area is 282 Å². The van der Waals surface area contributed by atoms with Crippen molar-refractivity contribution >= 4 is 23.4 Å². The number of imide groups is 1. The summed E-state index contributed by atoms with van der Waals surface area (Å²) in [5.41, 5.74) is -1.01. The molecule has 4 aliphatic rings. The highest BCUT2D eigenvalue weighted by Gasteiger charge is 2.50. The molecule has 1 spiro atoms. The van der Waals surface area contributed by atoms with Crippen molar-refractivity contribution in [2.45, 2.75) is 0 Å². The van der Waals surface area contributed by atoms with E-state index in [-0.39, 0.29) is 34.2 Å². The zero-order chi connectivity index (χ0) is 34.6. The molecule has 3 fully saturated rings. The number of hydrogen-bond acceptors (Lipinski definition) is 8. The van der Waals surface area contributed by atoms with Gasteiger partial charge in [-0.25, -0.2) is 0 Å². The van der Waals surface area contributed by atoms with Crippen LogP contribution in [-0.2, 0) is 9.59 Å². The van der Waals surface area contributed by atoms with Crippen LogP contribution in [0, 0.1) is 104 Å². The number of anilines is 1. The van der Waals surface area contributed by atoms with Gasteiger partial charge in [0.05, 0.1) is 30.6 Å². The van der Waals surface area contributed by atoms with Gasteiger partial charge in [0.15, 0.2) is 6.04 Å². The monoisotopic (exact) mass is 649 g/mol. The maximum absolute atomic E-state index is 13.4.